The molecule has 0 saturated heterocycles. The van der Waals surface area contributed by atoms with Crippen LogP contribution >= 0.6 is 23.5 Å². The minimum Gasteiger partial charge on any atom is -0.497 e. The van der Waals surface area contributed by atoms with Gasteiger partial charge in [0.05, 0.1) is 19.6 Å². The summed E-state index contributed by atoms with van der Waals surface area (Å²) in [5.74, 6) is 1.64. The molecule has 0 bridgehead atoms. The summed E-state index contributed by atoms with van der Waals surface area (Å²) in [6, 6.07) is 77.4. The number of nitrogens with zero attached hydrogens (tertiary/aromatic N) is 4. The number of thioether (sulfide) groups is 2. The van der Waals surface area contributed by atoms with Gasteiger partial charge in [-0.05, 0) is 216 Å². The molecule has 2 aliphatic rings. The fraction of sp³-hybridized carbons (Fsp3) is 0.130. The van der Waals surface area contributed by atoms with Crippen molar-refractivity contribution in [1.82, 2.24) is 9.13 Å². The third-order valence-corrected chi connectivity index (χ3v) is 17.9. The molecule has 0 radical (unpaired) electrons. The minimum atomic E-state index is -0.638. The van der Waals surface area contributed by atoms with E-state index in [0.717, 1.165) is 58.7 Å². The molecule has 0 atom stereocenters. The predicted octanol–water partition coefficient (Wildman–Crippen LogP) is 18.7. The van der Waals surface area contributed by atoms with Crippen molar-refractivity contribution in [2.24, 2.45) is 0 Å². The number of benzene rings is 10. The van der Waals surface area contributed by atoms with Crippen LogP contribution in [0.5, 0.6) is 11.5 Å². The number of hydrogen-bond donors (Lipinski definition) is 0. The maximum absolute atomic E-state index is 5.74. The van der Waals surface area contributed by atoms with E-state index in [4.69, 9.17) is 9.47 Å². The lowest BCUT2D eigenvalue weighted by Crippen LogP contribution is -2.26. The van der Waals surface area contributed by atoms with E-state index < -0.39 is 5.41 Å². The van der Waals surface area contributed by atoms with Gasteiger partial charge in [0.25, 0.3) is 0 Å². The molecule has 0 aliphatic heterocycles. The van der Waals surface area contributed by atoms with E-state index in [1.54, 1.807) is 37.7 Å². The van der Waals surface area contributed by atoms with Gasteiger partial charge in [0, 0.05) is 101 Å². The summed E-state index contributed by atoms with van der Waals surface area (Å²) >= 11 is 3.57. The minimum absolute atomic E-state index is 0.638. The van der Waals surface area contributed by atoms with Crippen molar-refractivity contribution in [1.29, 1.82) is 0 Å². The molecule has 1 spiro atoms. The Morgan fingerprint density at radius 1 is 0.364 bits per heavy atom. The SMILES string of the molecule is CCn1c2ccc(SC)cc2c2cc(N(c3ccc(OC)cc3)c3ccc4c(c3)C3(c5ccccc5-c5ccccc53)c3cc(N(c5ccc(OC)cc5)c5ccc6c(c5)c5cc(SC)ccc5n6CC)ccc3-4)ccc21. The Hall–Kier alpha value is -8.30. The number of methoxy groups -OCH3 is 2. The molecule has 2 heterocycles. The fourth-order valence-corrected chi connectivity index (χ4v) is 14.0. The van der Waals surface area contributed by atoms with Crippen LogP contribution in [0.15, 0.2) is 216 Å². The van der Waals surface area contributed by atoms with Crippen LogP contribution in [-0.4, -0.2) is 35.9 Å². The quantitative estimate of drug-likeness (QED) is 0.113. The van der Waals surface area contributed by atoms with Gasteiger partial charge in [-0.25, -0.2) is 0 Å². The largest absolute Gasteiger partial charge is 0.497 e. The molecular weight excluding hydrogens is 981 g/mol. The maximum Gasteiger partial charge on any atom is 0.119 e. The molecule has 0 saturated carbocycles. The lowest BCUT2D eigenvalue weighted by Gasteiger charge is -2.33. The van der Waals surface area contributed by atoms with Gasteiger partial charge >= 0.3 is 0 Å². The Morgan fingerprint density at radius 3 is 1.09 bits per heavy atom. The summed E-state index contributed by atoms with van der Waals surface area (Å²) in [6.45, 7) is 6.25. The van der Waals surface area contributed by atoms with Crippen LogP contribution < -0.4 is 19.3 Å². The zero-order valence-electron chi connectivity index (χ0n) is 44.0. The lowest BCUT2D eigenvalue weighted by atomic mass is 9.70. The number of aryl methyl sites for hydroxylation is 2. The lowest BCUT2D eigenvalue weighted by molar-refractivity contribution is 0.414. The maximum atomic E-state index is 5.74. The van der Waals surface area contributed by atoms with Crippen LogP contribution in [0.4, 0.5) is 34.1 Å². The van der Waals surface area contributed by atoms with E-state index >= 15 is 0 Å². The van der Waals surface area contributed by atoms with Crippen LogP contribution in [0.2, 0.25) is 0 Å². The van der Waals surface area contributed by atoms with E-state index in [0.29, 0.717) is 0 Å². The molecule has 10 aromatic carbocycles. The van der Waals surface area contributed by atoms with Crippen molar-refractivity contribution in [3.8, 4) is 33.8 Å². The van der Waals surface area contributed by atoms with Crippen molar-refractivity contribution in [3.05, 3.63) is 229 Å². The number of fused-ring (bicyclic) bond motifs is 16. The molecule has 14 rings (SSSR count). The van der Waals surface area contributed by atoms with Gasteiger partial charge in [0.1, 0.15) is 11.5 Å². The van der Waals surface area contributed by atoms with E-state index in [1.165, 1.54) is 97.9 Å². The predicted molar refractivity (Wildman–Crippen MR) is 326 cm³/mol. The topological polar surface area (TPSA) is 34.8 Å². The number of hydrogen-bond acceptors (Lipinski definition) is 6. The van der Waals surface area contributed by atoms with Crippen LogP contribution in [0, 0.1) is 0 Å². The van der Waals surface area contributed by atoms with Gasteiger partial charge in [-0.1, -0.05) is 60.7 Å². The molecule has 376 valence electrons. The second-order valence-electron chi connectivity index (χ2n) is 20.0. The standard InChI is InChI=1S/C69H56N4O2S2/c1-7-70-65-33-23-45(37-57(65)59-41-51(76-5)29-35-67(59)70)72(43-17-25-49(74-3)26-18-43)47-21-31-55-56-32-22-48(40-64(56)69(63(55)39-47)61-15-11-9-13-53(61)54-14-10-12-16-62(54)69)73(44-19-27-50(75-4)28-20-44)46-24-34-66-58(38-46)60-42-52(77-6)30-36-68(60)71(66)8-2/h9-42H,7-8H2,1-6H3. The smallest absolute Gasteiger partial charge is 0.119 e. The number of ether oxygens (including phenoxy) is 2. The summed E-state index contributed by atoms with van der Waals surface area (Å²) in [6.07, 6.45) is 4.31. The van der Waals surface area contributed by atoms with Gasteiger partial charge in [-0.15, -0.1) is 23.5 Å². The fourth-order valence-electron chi connectivity index (χ4n) is 13.1. The first kappa shape index (κ1) is 47.2. The number of aromatic nitrogens is 2. The highest BCUT2D eigenvalue weighted by Crippen LogP contribution is 2.64. The second kappa shape index (κ2) is 18.5. The third-order valence-electron chi connectivity index (χ3n) is 16.5. The summed E-state index contributed by atoms with van der Waals surface area (Å²) in [4.78, 5) is 7.38. The van der Waals surface area contributed by atoms with Gasteiger partial charge < -0.3 is 28.4 Å². The van der Waals surface area contributed by atoms with Crippen molar-refractivity contribution in [2.45, 2.75) is 42.1 Å². The monoisotopic (exact) mass is 1040 g/mol. The normalized spacial score (nSPS) is 12.9. The van der Waals surface area contributed by atoms with E-state index in [1.807, 2.05) is 0 Å². The summed E-state index contributed by atoms with van der Waals surface area (Å²) in [5, 5.41) is 5.02. The average Bonchev–Trinajstić information content (AvgIpc) is 4.16. The van der Waals surface area contributed by atoms with Crippen molar-refractivity contribution in [2.75, 3.05) is 36.5 Å². The summed E-state index contributed by atoms with van der Waals surface area (Å²) in [7, 11) is 3.46. The first-order chi connectivity index (χ1) is 37.9. The molecule has 0 amide bonds. The zero-order chi connectivity index (χ0) is 52.1. The highest BCUT2D eigenvalue weighted by atomic mass is 32.2. The zero-order valence-corrected chi connectivity index (χ0v) is 45.6. The molecule has 0 N–H and O–H groups in total. The van der Waals surface area contributed by atoms with Crippen LogP contribution in [0.1, 0.15) is 36.1 Å². The molecule has 2 aromatic heterocycles. The molecule has 77 heavy (non-hydrogen) atoms. The Kier molecular flexibility index (Phi) is 11.3. The van der Waals surface area contributed by atoms with E-state index in [2.05, 4.69) is 252 Å². The van der Waals surface area contributed by atoms with Crippen LogP contribution in [0.25, 0.3) is 65.9 Å². The Bertz CT molecular complexity index is 4050. The van der Waals surface area contributed by atoms with E-state index in [-0.39, 0.29) is 0 Å². The Morgan fingerprint density at radius 2 is 0.701 bits per heavy atom. The van der Waals surface area contributed by atoms with Crippen molar-refractivity contribution in [3.63, 3.8) is 0 Å². The first-order valence-electron chi connectivity index (χ1n) is 26.5. The van der Waals surface area contributed by atoms with Gasteiger partial charge in [0.2, 0.25) is 0 Å². The van der Waals surface area contributed by atoms with Crippen LogP contribution in [0.3, 0.4) is 0 Å². The summed E-state index contributed by atoms with van der Waals surface area (Å²) in [5.41, 5.74) is 20.9. The Labute approximate surface area is 458 Å². The summed E-state index contributed by atoms with van der Waals surface area (Å²) < 4.78 is 16.4. The second-order valence-corrected chi connectivity index (χ2v) is 21.8. The first-order valence-corrected chi connectivity index (χ1v) is 28.9. The molecule has 12 aromatic rings. The third kappa shape index (κ3) is 7.04. The molecule has 2 aliphatic carbocycles. The Balaban J connectivity index is 1.01. The van der Waals surface area contributed by atoms with Gasteiger partial charge in [-0.2, -0.15) is 0 Å². The van der Waals surface area contributed by atoms with Gasteiger partial charge in [-0.3, -0.25) is 0 Å². The number of anilines is 6. The van der Waals surface area contributed by atoms with Crippen LogP contribution in [-0.2, 0) is 18.5 Å². The van der Waals surface area contributed by atoms with E-state index in [9.17, 15) is 0 Å². The molecule has 8 heteroatoms. The molecule has 0 fully saturated rings. The molecule has 0 unspecified atom stereocenters. The van der Waals surface area contributed by atoms with Crippen molar-refractivity contribution < 1.29 is 9.47 Å². The number of rotatable bonds is 12. The highest BCUT2D eigenvalue weighted by Gasteiger charge is 2.52. The average molecular weight is 1040 g/mol. The molecular formula is C69H56N4O2S2. The van der Waals surface area contributed by atoms with Crippen molar-refractivity contribution >= 4 is 101 Å². The molecule has 6 nitrogen and oxygen atoms in total. The highest BCUT2D eigenvalue weighted by molar-refractivity contribution is 7.98. The van der Waals surface area contributed by atoms with Gasteiger partial charge in [0.15, 0.2) is 0 Å².